The van der Waals surface area contributed by atoms with Gasteiger partial charge in [0.2, 0.25) is 11.6 Å². The highest BCUT2D eigenvalue weighted by atomic mass is 16.5. The molecule has 0 saturated carbocycles. The van der Waals surface area contributed by atoms with Crippen molar-refractivity contribution < 1.29 is 29.0 Å². The number of methoxy groups -OCH3 is 1. The lowest BCUT2D eigenvalue weighted by Gasteiger charge is -2.12. The Bertz CT molecular complexity index is 976. The van der Waals surface area contributed by atoms with Gasteiger partial charge < -0.3 is 19.4 Å². The quantitative estimate of drug-likeness (QED) is 0.810. The molecule has 1 aromatic carbocycles. The number of fused-ring (bicyclic) bond motifs is 1. The van der Waals surface area contributed by atoms with Crippen molar-refractivity contribution in [1.29, 1.82) is 0 Å². The number of benzene rings is 1. The predicted octanol–water partition coefficient (Wildman–Crippen LogP) is 1.66. The van der Waals surface area contributed by atoms with Gasteiger partial charge in [0.1, 0.15) is 22.7 Å². The number of hydrogen-bond acceptors (Lipinski definition) is 7. The number of aliphatic hydroxyl groups excluding tert-OH is 2. The van der Waals surface area contributed by atoms with Crippen molar-refractivity contribution in [3.63, 3.8) is 0 Å². The van der Waals surface area contributed by atoms with Crippen LogP contribution in [0, 0.1) is 0 Å². The lowest BCUT2D eigenvalue weighted by atomic mass is 9.97. The molecule has 0 bridgehead atoms. The Morgan fingerprint density at radius 3 is 2.52 bits per heavy atom. The topological polar surface area (TPSA) is 114 Å². The van der Waals surface area contributed by atoms with Crippen LogP contribution in [-0.4, -0.2) is 28.9 Å². The Kier molecular flexibility index (Phi) is 3.25. The minimum atomic E-state index is -1.01. The van der Waals surface area contributed by atoms with Crippen LogP contribution in [0.1, 0.15) is 5.76 Å². The first kappa shape index (κ1) is 14.6. The average molecular weight is 314 g/mol. The fourth-order valence-electron chi connectivity index (χ4n) is 2.23. The van der Waals surface area contributed by atoms with Crippen molar-refractivity contribution in [3.8, 4) is 5.75 Å². The molecule has 0 amide bonds. The van der Waals surface area contributed by atoms with Crippen LogP contribution in [0.3, 0.4) is 0 Å². The molecule has 0 saturated heterocycles. The van der Waals surface area contributed by atoms with Crippen LogP contribution in [-0.2, 0) is 9.59 Å². The first-order chi connectivity index (χ1) is 10.9. The number of rotatable bonds is 2. The van der Waals surface area contributed by atoms with Gasteiger partial charge in [0.15, 0.2) is 16.9 Å². The lowest BCUT2D eigenvalue weighted by Crippen LogP contribution is -2.19. The average Bonchev–Trinajstić information content (AvgIpc) is 2.52. The summed E-state index contributed by atoms with van der Waals surface area (Å²) in [4.78, 5) is 35.7. The van der Waals surface area contributed by atoms with E-state index in [0.29, 0.717) is 11.8 Å². The van der Waals surface area contributed by atoms with Crippen LogP contribution in [0.25, 0.3) is 16.5 Å². The highest BCUT2D eigenvalue weighted by molar-refractivity contribution is 6.36. The summed E-state index contributed by atoms with van der Waals surface area (Å²) >= 11 is 0. The van der Waals surface area contributed by atoms with Crippen molar-refractivity contribution in [2.45, 2.75) is 0 Å². The van der Waals surface area contributed by atoms with Crippen molar-refractivity contribution in [3.05, 3.63) is 57.8 Å². The summed E-state index contributed by atoms with van der Waals surface area (Å²) in [6.07, 6.45) is 0.601. The number of ether oxygens (including phenoxy) is 1. The van der Waals surface area contributed by atoms with Gasteiger partial charge in [-0.1, -0.05) is 0 Å². The minimum Gasteiger partial charge on any atom is -0.504 e. The maximum atomic E-state index is 12.1. The Morgan fingerprint density at radius 1 is 1.09 bits per heavy atom. The molecule has 0 radical (unpaired) electrons. The molecule has 1 aromatic heterocycles. The van der Waals surface area contributed by atoms with E-state index in [2.05, 4.69) is 0 Å². The normalized spacial score (nSPS) is 15.1. The maximum absolute atomic E-state index is 12.1. The van der Waals surface area contributed by atoms with Gasteiger partial charge in [0.25, 0.3) is 0 Å². The largest absolute Gasteiger partial charge is 0.504 e. The molecule has 3 rings (SSSR count). The third-order valence-corrected chi connectivity index (χ3v) is 3.38. The van der Waals surface area contributed by atoms with Gasteiger partial charge >= 0.3 is 0 Å². The molecule has 0 fully saturated rings. The zero-order valence-electron chi connectivity index (χ0n) is 11.8. The fourth-order valence-corrected chi connectivity index (χ4v) is 2.23. The predicted molar refractivity (Wildman–Crippen MR) is 79.3 cm³/mol. The minimum absolute atomic E-state index is 0.112. The van der Waals surface area contributed by atoms with Crippen LogP contribution in [0.5, 0.6) is 5.75 Å². The van der Waals surface area contributed by atoms with Gasteiger partial charge in [-0.3, -0.25) is 14.4 Å². The number of carbonyl (C=O) groups excluding carboxylic acids is 2. The van der Waals surface area contributed by atoms with E-state index >= 15 is 0 Å². The second kappa shape index (κ2) is 5.13. The first-order valence-electron chi connectivity index (χ1n) is 6.47. The fraction of sp³-hybridized carbons (Fsp3) is 0.0625. The summed E-state index contributed by atoms with van der Waals surface area (Å²) in [6.45, 7) is 0. The van der Waals surface area contributed by atoms with E-state index in [1.54, 1.807) is 6.07 Å². The second-order valence-electron chi connectivity index (χ2n) is 4.78. The monoisotopic (exact) mass is 314 g/mol. The molecule has 0 atom stereocenters. The number of aliphatic hydroxyl groups is 2. The molecule has 1 aliphatic rings. The highest BCUT2D eigenvalue weighted by Crippen LogP contribution is 2.28. The molecule has 2 aromatic rings. The van der Waals surface area contributed by atoms with E-state index in [9.17, 15) is 24.6 Å². The van der Waals surface area contributed by atoms with Crippen molar-refractivity contribution in [2.75, 3.05) is 7.11 Å². The molecule has 7 heteroatoms. The summed E-state index contributed by atoms with van der Waals surface area (Å²) in [5.74, 6) is -3.58. The van der Waals surface area contributed by atoms with Crippen LogP contribution >= 0.6 is 0 Å². The van der Waals surface area contributed by atoms with Gasteiger partial charge in [-0.15, -0.1) is 0 Å². The SMILES string of the molecule is COc1ccc2c(=O)cc(C3=C(O)C(=O)C=C(O)C3=O)oc2c1. The molecule has 7 nitrogen and oxygen atoms in total. The standard InChI is InChI=1S/C16H10O7/c1-22-7-2-3-8-9(17)6-13(23-12(8)4-7)14-15(20)10(18)5-11(19)16(14)21/h2-6,18,21H,1H3. The third kappa shape index (κ3) is 2.28. The van der Waals surface area contributed by atoms with Crippen LogP contribution in [0.2, 0.25) is 0 Å². The molecule has 2 N–H and O–H groups in total. The van der Waals surface area contributed by atoms with E-state index in [1.165, 1.54) is 19.2 Å². The molecular weight excluding hydrogens is 304 g/mol. The number of carbonyl (C=O) groups is 2. The Hall–Kier alpha value is -3.35. The molecule has 1 aliphatic carbocycles. The van der Waals surface area contributed by atoms with Crippen molar-refractivity contribution >= 4 is 28.1 Å². The van der Waals surface area contributed by atoms with Crippen molar-refractivity contribution in [2.24, 2.45) is 0 Å². The molecule has 23 heavy (non-hydrogen) atoms. The van der Waals surface area contributed by atoms with Crippen molar-refractivity contribution in [1.82, 2.24) is 0 Å². The number of Topliss-reactive ketones (excluding diaryl/α,β-unsaturated/α-hetero) is 1. The third-order valence-electron chi connectivity index (χ3n) is 3.38. The van der Waals surface area contributed by atoms with Crippen LogP contribution in [0.15, 0.2) is 51.1 Å². The summed E-state index contributed by atoms with van der Waals surface area (Å²) < 4.78 is 10.5. The molecule has 0 aliphatic heterocycles. The smallest absolute Gasteiger partial charge is 0.235 e. The Labute approximate surface area is 128 Å². The van der Waals surface area contributed by atoms with Gasteiger partial charge in [-0.25, -0.2) is 0 Å². The summed E-state index contributed by atoms with van der Waals surface area (Å²) in [6, 6.07) is 5.47. The summed E-state index contributed by atoms with van der Waals surface area (Å²) in [7, 11) is 1.43. The van der Waals surface area contributed by atoms with E-state index in [4.69, 9.17) is 9.15 Å². The zero-order valence-corrected chi connectivity index (χ0v) is 11.8. The van der Waals surface area contributed by atoms with E-state index in [-0.39, 0.29) is 16.7 Å². The van der Waals surface area contributed by atoms with Crippen LogP contribution in [0.4, 0.5) is 0 Å². The number of allylic oxidation sites excluding steroid dienone is 2. The van der Waals surface area contributed by atoms with Gasteiger partial charge in [-0.05, 0) is 12.1 Å². The van der Waals surface area contributed by atoms with E-state index < -0.39 is 34.1 Å². The molecular formula is C16H10O7. The Morgan fingerprint density at radius 2 is 1.83 bits per heavy atom. The first-order valence-corrected chi connectivity index (χ1v) is 6.47. The van der Waals surface area contributed by atoms with E-state index in [1.807, 2.05) is 0 Å². The number of hydrogen-bond donors (Lipinski definition) is 2. The zero-order chi connectivity index (χ0) is 16.7. The second-order valence-corrected chi connectivity index (χ2v) is 4.78. The Balaban J connectivity index is 2.28. The number of ketones is 2. The van der Waals surface area contributed by atoms with Gasteiger partial charge in [-0.2, -0.15) is 0 Å². The lowest BCUT2D eigenvalue weighted by molar-refractivity contribution is -0.117. The molecule has 116 valence electrons. The molecule has 1 heterocycles. The van der Waals surface area contributed by atoms with Crippen LogP contribution < -0.4 is 10.2 Å². The van der Waals surface area contributed by atoms with Gasteiger partial charge in [0, 0.05) is 18.2 Å². The molecule has 0 unspecified atom stereocenters. The summed E-state index contributed by atoms with van der Waals surface area (Å²) in [5, 5.41) is 19.5. The van der Waals surface area contributed by atoms with E-state index in [0.717, 1.165) is 6.07 Å². The summed E-state index contributed by atoms with van der Waals surface area (Å²) in [5.41, 5.74) is -0.920. The maximum Gasteiger partial charge on any atom is 0.235 e. The molecule has 0 spiro atoms. The highest BCUT2D eigenvalue weighted by Gasteiger charge is 2.31. The van der Waals surface area contributed by atoms with Gasteiger partial charge in [0.05, 0.1) is 12.5 Å².